The van der Waals surface area contributed by atoms with E-state index in [1.54, 1.807) is 18.2 Å². The Labute approximate surface area is 336 Å². The molecule has 4 aromatic rings. The van der Waals surface area contributed by atoms with Crippen LogP contribution in [0.3, 0.4) is 0 Å². The smallest absolute Gasteiger partial charge is 0.410 e. The highest BCUT2D eigenvalue weighted by molar-refractivity contribution is 6.43. The van der Waals surface area contributed by atoms with Gasteiger partial charge in [0.25, 0.3) is 0 Å². The molecule has 2 amide bonds. The van der Waals surface area contributed by atoms with Crippen LogP contribution >= 0.6 is 23.2 Å². The molecule has 0 radical (unpaired) electrons. The van der Waals surface area contributed by atoms with Gasteiger partial charge in [0.2, 0.25) is 5.91 Å². The van der Waals surface area contributed by atoms with Crippen LogP contribution in [0.5, 0.6) is 0 Å². The lowest BCUT2D eigenvalue weighted by molar-refractivity contribution is -0.140. The fourth-order valence-electron chi connectivity index (χ4n) is 10.6. The zero-order chi connectivity index (χ0) is 38.9. The van der Waals surface area contributed by atoms with E-state index in [0.717, 1.165) is 61.5 Å². The van der Waals surface area contributed by atoms with Gasteiger partial charge in [-0.25, -0.2) is 14.2 Å². The predicted molar refractivity (Wildman–Crippen MR) is 212 cm³/mol. The third kappa shape index (κ3) is 5.73. The topological polar surface area (TPSA) is 101 Å². The molecule has 7 atom stereocenters. The van der Waals surface area contributed by atoms with E-state index in [4.69, 9.17) is 37.7 Å². The summed E-state index contributed by atoms with van der Waals surface area (Å²) < 4.78 is 32.4. The summed E-state index contributed by atoms with van der Waals surface area (Å²) in [5.41, 5.74) is 3.46. The number of pyridine rings is 1. The minimum atomic E-state index is -0.645. The van der Waals surface area contributed by atoms with Gasteiger partial charge in [-0.2, -0.15) is 5.26 Å². The minimum Gasteiger partial charge on any atom is -0.444 e. The Morgan fingerprint density at radius 3 is 2.57 bits per heavy atom. The standard InChI is InChI=1S/C44H46Cl2FN5O4/c1-21-28-19-33(41-29-17-25(18-34(29)55-26-12-13-26)51(41)42(53)22-10-11-22)52(39-24-16-32(39)50(20-24)43(54)56-44(2,3)4)40(28)30-15-23(7-6-14-48)35(37(47)38(30)49-21)27-8-5-9-31(45)36(27)46/h5,8-9,15,19,22,24-26,29,32,34,39,41H,6-7,10-13,16-18,20H2,1-4H3/t24-,25-,29+,32-,34+,39+,41-/m1/s1. The number of hydrogen-bond acceptors (Lipinski definition) is 6. The van der Waals surface area contributed by atoms with Crippen LogP contribution in [0.25, 0.3) is 32.9 Å². The average molecular weight is 799 g/mol. The largest absolute Gasteiger partial charge is 0.444 e. The lowest BCUT2D eigenvalue weighted by Gasteiger charge is -2.43. The maximum atomic E-state index is 17.5. The van der Waals surface area contributed by atoms with E-state index in [1.807, 2.05) is 38.7 Å². The van der Waals surface area contributed by atoms with Crippen LogP contribution in [0.15, 0.2) is 30.3 Å². The van der Waals surface area contributed by atoms with E-state index < -0.39 is 11.4 Å². The molecule has 7 aliphatic rings. The first-order chi connectivity index (χ1) is 26.8. The summed E-state index contributed by atoms with van der Waals surface area (Å²) >= 11 is 13.2. The lowest BCUT2D eigenvalue weighted by atomic mass is 9.79. The van der Waals surface area contributed by atoms with Gasteiger partial charge in [-0.1, -0.05) is 35.3 Å². The van der Waals surface area contributed by atoms with Gasteiger partial charge < -0.3 is 23.8 Å². The number of carbonyl (C=O) groups excluding carboxylic acids is 2. The molecule has 9 nitrogen and oxygen atoms in total. The van der Waals surface area contributed by atoms with E-state index in [-0.39, 0.29) is 83.1 Å². The number of nitriles is 1. The molecule has 3 aliphatic heterocycles. The van der Waals surface area contributed by atoms with Crippen molar-refractivity contribution in [2.45, 2.75) is 127 Å². The molecule has 4 bridgehead atoms. The molecule has 0 spiro atoms. The number of nitrogens with zero attached hydrogens (tertiary/aromatic N) is 5. The molecule has 292 valence electrons. The molecule has 11 rings (SSSR count). The molecule has 0 N–H and O–H groups in total. The fourth-order valence-corrected chi connectivity index (χ4v) is 11.0. The number of rotatable bonds is 8. The molecule has 4 saturated carbocycles. The molecule has 56 heavy (non-hydrogen) atoms. The predicted octanol–water partition coefficient (Wildman–Crippen LogP) is 9.87. The summed E-state index contributed by atoms with van der Waals surface area (Å²) in [5.74, 6) is 0.0170. The van der Waals surface area contributed by atoms with E-state index in [1.165, 1.54) is 0 Å². The van der Waals surface area contributed by atoms with Crippen LogP contribution in [-0.2, 0) is 20.7 Å². The number of halogens is 3. The number of aryl methyl sites for hydroxylation is 2. The first kappa shape index (κ1) is 36.4. The molecular weight excluding hydrogens is 752 g/mol. The van der Waals surface area contributed by atoms with Gasteiger partial charge >= 0.3 is 6.09 Å². The van der Waals surface area contributed by atoms with Crippen molar-refractivity contribution in [1.82, 2.24) is 19.4 Å². The van der Waals surface area contributed by atoms with Crippen LogP contribution in [0, 0.1) is 41.8 Å². The Bertz CT molecular complexity index is 2380. The summed E-state index contributed by atoms with van der Waals surface area (Å²) in [6, 6.07) is 11.2. The SMILES string of the molecule is Cc1nc2c(F)c(-c3cccc(Cl)c3Cl)c(CCC#N)cc2c2c1cc([C@H]1[C@H]3C[C@H](C[C@@H]3OC3CC3)N1C(=O)C1CC1)n2[C@H]1[C@@H]2C[C@H]1N(C(=O)OC(C)(C)C)C2. The zero-order valence-electron chi connectivity index (χ0n) is 32.2. The maximum Gasteiger partial charge on any atom is 0.410 e. The molecule has 2 aromatic heterocycles. The van der Waals surface area contributed by atoms with Crippen LogP contribution in [0.4, 0.5) is 9.18 Å². The number of carbonyl (C=O) groups is 2. The number of fused-ring (bicyclic) bond motifs is 6. The number of hydrogen-bond donors (Lipinski definition) is 0. The Hall–Kier alpha value is -3.91. The summed E-state index contributed by atoms with van der Waals surface area (Å²) in [4.78, 5) is 37.0. The van der Waals surface area contributed by atoms with Crippen LogP contribution in [-0.4, -0.2) is 67.8 Å². The quantitative estimate of drug-likeness (QED) is 0.176. The van der Waals surface area contributed by atoms with Gasteiger partial charge in [0, 0.05) is 70.0 Å². The second-order valence-corrected chi connectivity index (χ2v) is 18.9. The summed E-state index contributed by atoms with van der Waals surface area (Å²) in [6.45, 7) is 8.12. The highest BCUT2D eigenvalue weighted by Gasteiger charge is 2.60. The maximum absolute atomic E-state index is 17.5. The highest BCUT2D eigenvalue weighted by atomic mass is 35.5. The Kier molecular flexibility index (Phi) is 8.49. The third-order valence-corrected chi connectivity index (χ3v) is 14.0. The van der Waals surface area contributed by atoms with E-state index in [9.17, 15) is 14.9 Å². The summed E-state index contributed by atoms with van der Waals surface area (Å²) in [5, 5.41) is 11.8. The number of ether oxygens (including phenoxy) is 2. The van der Waals surface area contributed by atoms with E-state index in [0.29, 0.717) is 45.8 Å². The second-order valence-electron chi connectivity index (χ2n) is 18.1. The number of amides is 2. The zero-order valence-corrected chi connectivity index (χ0v) is 33.7. The van der Waals surface area contributed by atoms with Crippen LogP contribution < -0.4 is 0 Å². The fraction of sp³-hybridized carbons (Fsp3) is 0.545. The molecule has 12 heteroatoms. The molecule has 2 aromatic carbocycles. The average Bonchev–Trinajstić information content (AvgIpc) is 3.92. The van der Waals surface area contributed by atoms with Crippen LogP contribution in [0.2, 0.25) is 10.0 Å². The summed E-state index contributed by atoms with van der Waals surface area (Å²) in [7, 11) is 0. The normalized spacial score (nSPS) is 28.0. The van der Waals surface area contributed by atoms with E-state index >= 15 is 4.39 Å². The number of aromatic nitrogens is 2. The van der Waals surface area contributed by atoms with Crippen molar-refractivity contribution in [3.8, 4) is 17.2 Å². The molecular formula is C44H46Cl2FN5O4. The van der Waals surface area contributed by atoms with E-state index in [2.05, 4.69) is 21.6 Å². The molecule has 4 aliphatic carbocycles. The monoisotopic (exact) mass is 797 g/mol. The molecule has 5 heterocycles. The molecule has 0 unspecified atom stereocenters. The van der Waals surface area contributed by atoms with Gasteiger partial charge in [0.05, 0.1) is 52.0 Å². The van der Waals surface area contributed by atoms with Gasteiger partial charge in [0.15, 0.2) is 5.82 Å². The Balaban J connectivity index is 1.21. The minimum absolute atomic E-state index is 0.0535. The first-order valence-electron chi connectivity index (χ1n) is 20.3. The summed E-state index contributed by atoms with van der Waals surface area (Å²) in [6.07, 6.45) is 7.04. The van der Waals surface area contributed by atoms with Crippen LogP contribution in [0.1, 0.15) is 101 Å². The van der Waals surface area contributed by atoms with Crippen molar-refractivity contribution in [2.75, 3.05) is 6.54 Å². The molecule has 3 saturated heterocycles. The number of likely N-dealkylation sites (tertiary alicyclic amines) is 1. The number of benzene rings is 2. The van der Waals surface area contributed by atoms with Gasteiger partial charge in [-0.05, 0) is 103 Å². The van der Waals surface area contributed by atoms with Crippen molar-refractivity contribution >= 4 is 57.0 Å². The van der Waals surface area contributed by atoms with Crippen molar-refractivity contribution in [2.24, 2.45) is 17.8 Å². The highest BCUT2D eigenvalue weighted by Crippen LogP contribution is 2.58. The molecule has 7 fully saturated rings. The van der Waals surface area contributed by atoms with Gasteiger partial charge in [-0.15, -0.1) is 0 Å². The first-order valence-corrected chi connectivity index (χ1v) is 21.0. The van der Waals surface area contributed by atoms with Gasteiger partial charge in [0.1, 0.15) is 11.1 Å². The third-order valence-electron chi connectivity index (χ3n) is 13.2. The lowest BCUT2D eigenvalue weighted by Crippen LogP contribution is -2.48. The van der Waals surface area contributed by atoms with Crippen molar-refractivity contribution in [1.29, 1.82) is 5.26 Å². The van der Waals surface area contributed by atoms with Crippen molar-refractivity contribution in [3.63, 3.8) is 0 Å². The Morgan fingerprint density at radius 2 is 1.86 bits per heavy atom. The second kappa shape index (κ2) is 13.1. The van der Waals surface area contributed by atoms with Crippen molar-refractivity contribution in [3.05, 3.63) is 63.1 Å². The van der Waals surface area contributed by atoms with Crippen molar-refractivity contribution < 1.29 is 23.5 Å². The Morgan fingerprint density at radius 1 is 1.07 bits per heavy atom. The number of piperidine rings is 1. The van der Waals surface area contributed by atoms with Gasteiger partial charge in [-0.3, -0.25) is 4.79 Å².